The van der Waals surface area contributed by atoms with Crippen molar-refractivity contribution >= 4 is 17.9 Å². The van der Waals surface area contributed by atoms with E-state index in [-0.39, 0.29) is 25.8 Å². The maximum atomic E-state index is 12.5. The monoisotopic (exact) mass is 539 g/mol. The highest BCUT2D eigenvalue weighted by atomic mass is 16.4. The van der Waals surface area contributed by atoms with Crippen molar-refractivity contribution in [3.63, 3.8) is 0 Å². The molecule has 0 saturated heterocycles. The summed E-state index contributed by atoms with van der Waals surface area (Å²) in [7, 11) is 0. The van der Waals surface area contributed by atoms with Crippen LogP contribution in [-0.2, 0) is 14.4 Å². The lowest BCUT2D eigenvalue weighted by molar-refractivity contribution is -0.974. The number of carboxylic acids is 3. The van der Waals surface area contributed by atoms with Crippen LogP contribution in [0.25, 0.3) is 0 Å². The highest BCUT2D eigenvalue weighted by molar-refractivity contribution is 5.77. The van der Waals surface area contributed by atoms with Crippen molar-refractivity contribution in [3.8, 4) is 0 Å². The predicted molar refractivity (Wildman–Crippen MR) is 152 cm³/mol. The van der Waals surface area contributed by atoms with E-state index in [1.807, 2.05) is 26.8 Å². The second-order valence-electron chi connectivity index (χ2n) is 10.9. The minimum absolute atomic E-state index is 0.154. The van der Waals surface area contributed by atoms with Crippen molar-refractivity contribution < 1.29 is 34.2 Å². The van der Waals surface area contributed by atoms with Crippen molar-refractivity contribution in [2.75, 3.05) is 6.54 Å². The van der Waals surface area contributed by atoms with Crippen molar-refractivity contribution in [1.29, 1.82) is 0 Å². The molecule has 0 aliphatic carbocycles. The lowest BCUT2D eigenvalue weighted by Gasteiger charge is -2.52. The fourth-order valence-corrected chi connectivity index (χ4v) is 5.92. The van der Waals surface area contributed by atoms with Gasteiger partial charge in [-0.2, -0.15) is 0 Å². The van der Waals surface area contributed by atoms with E-state index in [4.69, 9.17) is 0 Å². The Bertz CT molecular complexity index is 617. The molecule has 0 heterocycles. The number of rotatable bonds is 26. The van der Waals surface area contributed by atoms with Crippen LogP contribution in [0.3, 0.4) is 0 Å². The van der Waals surface area contributed by atoms with Crippen LogP contribution >= 0.6 is 0 Å². The number of hydrogen-bond acceptors (Lipinski definition) is 4. The number of quaternary nitrogens is 1. The van der Waals surface area contributed by atoms with E-state index in [0.29, 0.717) is 25.7 Å². The molecule has 3 atom stereocenters. The second kappa shape index (κ2) is 22.0. The van der Waals surface area contributed by atoms with Gasteiger partial charge in [0, 0.05) is 25.7 Å². The fourth-order valence-electron chi connectivity index (χ4n) is 5.92. The third kappa shape index (κ3) is 12.8. The van der Waals surface area contributed by atoms with Crippen LogP contribution in [0.15, 0.2) is 12.2 Å². The third-order valence-electron chi connectivity index (χ3n) is 7.84. The third-order valence-corrected chi connectivity index (χ3v) is 7.84. The zero-order valence-electron chi connectivity index (χ0n) is 24.8. The van der Waals surface area contributed by atoms with Gasteiger partial charge < -0.3 is 20.1 Å². The number of allylic oxidation sites excluding steroid dienone is 1. The quantitative estimate of drug-likeness (QED) is 0.0738. The Morgan fingerprint density at radius 2 is 1.00 bits per heavy atom. The van der Waals surface area contributed by atoms with E-state index < -0.39 is 40.5 Å². The van der Waals surface area contributed by atoms with Crippen LogP contribution in [0.2, 0.25) is 0 Å². The molecule has 0 aromatic heterocycles. The van der Waals surface area contributed by atoms with E-state index in [0.717, 1.165) is 12.8 Å². The van der Waals surface area contributed by atoms with Crippen LogP contribution in [-0.4, -0.2) is 57.3 Å². The first-order valence-corrected chi connectivity index (χ1v) is 15.4. The molecule has 7 nitrogen and oxygen atoms in total. The molecule has 222 valence electrons. The maximum absolute atomic E-state index is 12.5. The molecule has 7 heteroatoms. The first-order valence-electron chi connectivity index (χ1n) is 15.4. The van der Waals surface area contributed by atoms with Gasteiger partial charge in [0.05, 0.1) is 12.5 Å². The molecule has 0 aliphatic rings. The van der Waals surface area contributed by atoms with E-state index in [2.05, 4.69) is 13.0 Å². The van der Waals surface area contributed by atoms with Gasteiger partial charge in [-0.1, -0.05) is 104 Å². The van der Waals surface area contributed by atoms with E-state index >= 15 is 0 Å². The van der Waals surface area contributed by atoms with Crippen LogP contribution in [0, 0.1) is 0 Å². The van der Waals surface area contributed by atoms with Crippen molar-refractivity contribution in [3.05, 3.63) is 12.2 Å². The Labute approximate surface area is 232 Å². The summed E-state index contributed by atoms with van der Waals surface area (Å²) in [5.74, 6) is -3.62. The molecule has 2 N–H and O–H groups in total. The second-order valence-corrected chi connectivity index (χ2v) is 10.9. The molecule has 0 aromatic carbocycles. The summed E-state index contributed by atoms with van der Waals surface area (Å²) in [6.45, 7) is 7.92. The standard InChI is InChI=1S/C31H57NO6/c1-5-9-10-11-12-13-14-15-16-17-18-19-20-21-25-32(26(22-6-2)29(33)34,27(23-7-3)30(35)36)28(24-8-4)31(37)38/h19-20,26-28H,5-18,21-25H2,1-4H3,(H2-,33,34,35,36,37,38)/b20-19+. The molecular weight excluding hydrogens is 482 g/mol. The van der Waals surface area contributed by atoms with Crippen molar-refractivity contribution in [1.82, 2.24) is 0 Å². The van der Waals surface area contributed by atoms with Crippen molar-refractivity contribution in [2.24, 2.45) is 0 Å². The highest BCUT2D eigenvalue weighted by Crippen LogP contribution is 2.33. The Morgan fingerprint density at radius 1 is 0.605 bits per heavy atom. The molecule has 3 unspecified atom stereocenters. The van der Waals surface area contributed by atoms with Gasteiger partial charge >= 0.3 is 11.9 Å². The Kier molecular flexibility index (Phi) is 20.9. The minimum atomic E-state index is -1.36. The maximum Gasteiger partial charge on any atom is 0.362 e. The Morgan fingerprint density at radius 3 is 1.39 bits per heavy atom. The fraction of sp³-hybridized carbons (Fsp3) is 0.839. The molecule has 0 amide bonds. The lowest BCUT2D eigenvalue weighted by Crippen LogP contribution is -2.74. The van der Waals surface area contributed by atoms with E-state index in [1.54, 1.807) is 0 Å². The largest absolute Gasteiger partial charge is 0.544 e. The number of aliphatic carboxylic acids is 3. The number of nitrogens with zero attached hydrogens (tertiary/aromatic N) is 1. The van der Waals surface area contributed by atoms with Crippen LogP contribution < -0.4 is 5.11 Å². The van der Waals surface area contributed by atoms with E-state index in [9.17, 15) is 29.7 Å². The van der Waals surface area contributed by atoms with Gasteiger partial charge in [-0.3, -0.25) is 4.48 Å². The van der Waals surface area contributed by atoms with Crippen molar-refractivity contribution in [2.45, 2.75) is 161 Å². The highest BCUT2D eigenvalue weighted by Gasteiger charge is 2.54. The smallest absolute Gasteiger partial charge is 0.362 e. The van der Waals surface area contributed by atoms with Gasteiger partial charge in [0.1, 0.15) is 6.04 Å². The van der Waals surface area contributed by atoms with Crippen LogP contribution in [0.4, 0.5) is 0 Å². The average Bonchev–Trinajstić information content (AvgIpc) is 2.87. The molecule has 0 aromatic rings. The van der Waals surface area contributed by atoms with Gasteiger partial charge in [0.25, 0.3) is 0 Å². The number of carboxylic acid groups (broad SMARTS) is 3. The summed E-state index contributed by atoms with van der Waals surface area (Å²) >= 11 is 0. The Hall–Kier alpha value is -1.89. The molecule has 0 spiro atoms. The molecule has 38 heavy (non-hydrogen) atoms. The SMILES string of the molecule is CCCCCCCCCCCC/C=C/CC[N+](C(CCC)C(=O)[O-])(C(CCC)C(=O)O)C(CCC)C(=O)O. The molecule has 0 bridgehead atoms. The summed E-state index contributed by atoms with van der Waals surface area (Å²) in [5, 5.41) is 32.8. The first kappa shape index (κ1) is 36.1. The average molecular weight is 540 g/mol. The van der Waals surface area contributed by atoms with Gasteiger partial charge in [-0.15, -0.1) is 0 Å². The van der Waals surface area contributed by atoms with Gasteiger partial charge in [-0.05, 0) is 25.7 Å². The minimum Gasteiger partial charge on any atom is -0.544 e. The summed E-state index contributed by atoms with van der Waals surface area (Å²) in [4.78, 5) is 37.4. The van der Waals surface area contributed by atoms with E-state index in [1.165, 1.54) is 57.8 Å². The summed E-state index contributed by atoms with van der Waals surface area (Å²) < 4.78 is -0.481. The summed E-state index contributed by atoms with van der Waals surface area (Å²) in [6, 6.07) is -3.41. The Balaban J connectivity index is 5.44. The molecule has 0 saturated carbocycles. The first-order chi connectivity index (χ1) is 18.2. The number of carbonyl (C=O) groups is 3. The van der Waals surface area contributed by atoms with Crippen LogP contribution in [0.5, 0.6) is 0 Å². The predicted octanol–water partition coefficient (Wildman–Crippen LogP) is 6.49. The zero-order chi connectivity index (χ0) is 28.8. The topological polar surface area (TPSA) is 115 Å². The van der Waals surface area contributed by atoms with Crippen LogP contribution in [0.1, 0.15) is 143 Å². The molecule has 0 aliphatic heterocycles. The number of unbranched alkanes of at least 4 members (excludes halogenated alkanes) is 10. The number of carbonyl (C=O) groups excluding carboxylic acids is 1. The normalized spacial score (nSPS) is 15.7. The molecule has 0 fully saturated rings. The van der Waals surface area contributed by atoms with Gasteiger partial charge in [-0.25, -0.2) is 9.59 Å². The summed E-state index contributed by atoms with van der Waals surface area (Å²) in [5.41, 5.74) is 0. The lowest BCUT2D eigenvalue weighted by atomic mass is 9.91. The number of hydrogen-bond donors (Lipinski definition) is 2. The molecule has 0 rings (SSSR count). The van der Waals surface area contributed by atoms with Gasteiger partial charge in [0.15, 0.2) is 12.1 Å². The summed E-state index contributed by atoms with van der Waals surface area (Å²) in [6.07, 6.45) is 20.3. The zero-order valence-corrected chi connectivity index (χ0v) is 24.8. The molecule has 0 radical (unpaired) electrons. The van der Waals surface area contributed by atoms with Gasteiger partial charge in [0.2, 0.25) is 0 Å². The molecular formula is C31H57NO6.